The number of carbonyl (C=O) groups excluding carboxylic acids is 1. The van der Waals surface area contributed by atoms with Gasteiger partial charge in [-0.1, -0.05) is 38.1 Å². The number of benzene rings is 2. The largest absolute Gasteiger partial charge is 0.454 e. The fraction of sp³-hybridized carbons (Fsp3) is 0.227. The number of anilines is 2. The second-order valence-corrected chi connectivity index (χ2v) is 7.03. The van der Waals surface area contributed by atoms with Gasteiger partial charge in [-0.2, -0.15) is 0 Å². The topological polar surface area (TPSA) is 85.4 Å². The first-order chi connectivity index (χ1) is 14.1. The SMILES string of the molecule is CC(C)c1ccccc1NC(=O)c1cnc(NCc2ccc3c(c2)OCO3)nc1. The van der Waals surface area contributed by atoms with E-state index in [1.54, 1.807) is 0 Å². The average molecular weight is 390 g/mol. The molecule has 0 saturated heterocycles. The Labute approximate surface area is 169 Å². The van der Waals surface area contributed by atoms with Gasteiger partial charge in [0.2, 0.25) is 12.7 Å². The summed E-state index contributed by atoms with van der Waals surface area (Å²) in [5, 5.41) is 6.09. The molecule has 1 aromatic heterocycles. The Morgan fingerprint density at radius 3 is 2.62 bits per heavy atom. The molecular formula is C22H22N4O3. The number of ether oxygens (including phenoxy) is 2. The summed E-state index contributed by atoms with van der Waals surface area (Å²) in [5.41, 5.74) is 3.31. The summed E-state index contributed by atoms with van der Waals surface area (Å²) in [7, 11) is 0. The number of amides is 1. The molecule has 7 heteroatoms. The van der Waals surface area contributed by atoms with Gasteiger partial charge in [-0.25, -0.2) is 9.97 Å². The van der Waals surface area contributed by atoms with E-state index < -0.39 is 0 Å². The quantitative estimate of drug-likeness (QED) is 0.656. The molecule has 2 N–H and O–H groups in total. The van der Waals surface area contributed by atoms with Crippen LogP contribution in [0.3, 0.4) is 0 Å². The number of fused-ring (bicyclic) bond motifs is 1. The number of carbonyl (C=O) groups is 1. The lowest BCUT2D eigenvalue weighted by atomic mass is 10.0. The van der Waals surface area contributed by atoms with Crippen LogP contribution in [-0.4, -0.2) is 22.7 Å². The lowest BCUT2D eigenvalue weighted by Gasteiger charge is -2.13. The average Bonchev–Trinajstić information content (AvgIpc) is 3.21. The fourth-order valence-electron chi connectivity index (χ4n) is 3.08. The Hall–Kier alpha value is -3.61. The second-order valence-electron chi connectivity index (χ2n) is 7.03. The zero-order valence-corrected chi connectivity index (χ0v) is 16.3. The van der Waals surface area contributed by atoms with Crippen molar-refractivity contribution in [2.24, 2.45) is 0 Å². The van der Waals surface area contributed by atoms with Crippen LogP contribution in [0, 0.1) is 0 Å². The molecule has 0 unspecified atom stereocenters. The summed E-state index contributed by atoms with van der Waals surface area (Å²) in [6.45, 7) is 4.97. The van der Waals surface area contributed by atoms with Crippen LogP contribution in [0.4, 0.5) is 11.6 Å². The van der Waals surface area contributed by atoms with E-state index in [2.05, 4.69) is 34.4 Å². The smallest absolute Gasteiger partial charge is 0.258 e. The molecule has 0 fully saturated rings. The Kier molecular flexibility index (Phi) is 5.29. The van der Waals surface area contributed by atoms with E-state index in [1.807, 2.05) is 42.5 Å². The number of para-hydroxylation sites is 1. The van der Waals surface area contributed by atoms with Crippen LogP contribution in [-0.2, 0) is 6.54 Å². The second kappa shape index (κ2) is 8.18. The molecule has 2 aromatic carbocycles. The molecule has 0 bridgehead atoms. The number of hydrogen-bond donors (Lipinski definition) is 2. The van der Waals surface area contributed by atoms with E-state index in [0.717, 1.165) is 28.3 Å². The van der Waals surface area contributed by atoms with Crippen molar-refractivity contribution < 1.29 is 14.3 Å². The maximum absolute atomic E-state index is 12.6. The highest BCUT2D eigenvalue weighted by molar-refractivity contribution is 6.04. The van der Waals surface area contributed by atoms with Crippen molar-refractivity contribution in [1.82, 2.24) is 9.97 Å². The molecule has 0 saturated carbocycles. The summed E-state index contributed by atoms with van der Waals surface area (Å²) >= 11 is 0. The van der Waals surface area contributed by atoms with E-state index in [-0.39, 0.29) is 12.7 Å². The van der Waals surface area contributed by atoms with Gasteiger partial charge in [0.1, 0.15) is 0 Å². The molecule has 0 radical (unpaired) electrons. The predicted octanol–water partition coefficient (Wildman–Crippen LogP) is 4.19. The Balaban J connectivity index is 1.38. The molecule has 0 spiro atoms. The Bertz CT molecular complexity index is 1020. The van der Waals surface area contributed by atoms with Crippen LogP contribution in [0.15, 0.2) is 54.9 Å². The highest BCUT2D eigenvalue weighted by Crippen LogP contribution is 2.32. The maximum atomic E-state index is 12.6. The van der Waals surface area contributed by atoms with Gasteiger partial charge in [0, 0.05) is 24.6 Å². The third-order valence-corrected chi connectivity index (χ3v) is 4.63. The summed E-state index contributed by atoms with van der Waals surface area (Å²) in [4.78, 5) is 21.0. The van der Waals surface area contributed by atoms with Crippen molar-refractivity contribution in [3.63, 3.8) is 0 Å². The normalized spacial score (nSPS) is 12.1. The number of hydrogen-bond acceptors (Lipinski definition) is 6. The van der Waals surface area contributed by atoms with Crippen LogP contribution in [0.25, 0.3) is 0 Å². The molecule has 2 heterocycles. The minimum Gasteiger partial charge on any atom is -0.454 e. The van der Waals surface area contributed by atoms with E-state index >= 15 is 0 Å². The molecule has 1 amide bonds. The zero-order chi connectivity index (χ0) is 20.2. The van der Waals surface area contributed by atoms with Crippen molar-refractivity contribution in [3.8, 4) is 11.5 Å². The number of nitrogens with one attached hydrogen (secondary N) is 2. The van der Waals surface area contributed by atoms with Gasteiger partial charge < -0.3 is 20.1 Å². The first kappa shape index (κ1) is 18.7. The Morgan fingerprint density at radius 2 is 1.83 bits per heavy atom. The van der Waals surface area contributed by atoms with Crippen molar-refractivity contribution in [3.05, 3.63) is 71.5 Å². The summed E-state index contributed by atoms with van der Waals surface area (Å²) < 4.78 is 10.7. The zero-order valence-electron chi connectivity index (χ0n) is 16.3. The van der Waals surface area contributed by atoms with E-state index in [9.17, 15) is 4.79 Å². The minimum atomic E-state index is -0.236. The number of rotatable bonds is 6. The first-order valence-corrected chi connectivity index (χ1v) is 9.45. The van der Waals surface area contributed by atoms with E-state index in [4.69, 9.17) is 9.47 Å². The molecule has 1 aliphatic rings. The van der Waals surface area contributed by atoms with Gasteiger partial charge in [0.05, 0.1) is 5.56 Å². The monoisotopic (exact) mass is 390 g/mol. The highest BCUT2D eigenvalue weighted by Gasteiger charge is 2.14. The molecular weight excluding hydrogens is 368 g/mol. The van der Waals surface area contributed by atoms with Crippen molar-refractivity contribution >= 4 is 17.5 Å². The third kappa shape index (κ3) is 4.29. The van der Waals surface area contributed by atoms with Gasteiger partial charge in [-0.3, -0.25) is 4.79 Å². The third-order valence-electron chi connectivity index (χ3n) is 4.63. The van der Waals surface area contributed by atoms with Gasteiger partial charge in [-0.15, -0.1) is 0 Å². The molecule has 0 aliphatic carbocycles. The van der Waals surface area contributed by atoms with Gasteiger partial charge in [-0.05, 0) is 35.2 Å². The van der Waals surface area contributed by atoms with Crippen LogP contribution in [0.5, 0.6) is 11.5 Å². The van der Waals surface area contributed by atoms with Crippen molar-refractivity contribution in [2.75, 3.05) is 17.4 Å². The molecule has 1 aliphatic heterocycles. The summed E-state index contributed by atoms with van der Waals surface area (Å²) in [6.07, 6.45) is 3.03. The lowest BCUT2D eigenvalue weighted by Crippen LogP contribution is -2.15. The van der Waals surface area contributed by atoms with E-state index in [1.165, 1.54) is 12.4 Å². The molecule has 148 valence electrons. The van der Waals surface area contributed by atoms with Gasteiger partial charge >= 0.3 is 0 Å². The predicted molar refractivity (Wildman–Crippen MR) is 110 cm³/mol. The van der Waals surface area contributed by atoms with Gasteiger partial charge in [0.25, 0.3) is 5.91 Å². The van der Waals surface area contributed by atoms with Crippen LogP contribution in [0.1, 0.15) is 41.3 Å². The molecule has 3 aromatic rings. The standard InChI is InChI=1S/C22H22N4O3/c1-14(2)17-5-3-4-6-18(17)26-21(27)16-11-24-22(25-12-16)23-10-15-7-8-19-20(9-15)29-13-28-19/h3-9,11-12,14H,10,13H2,1-2H3,(H,26,27)(H,23,24,25). The summed E-state index contributed by atoms with van der Waals surface area (Å²) in [6, 6.07) is 13.5. The lowest BCUT2D eigenvalue weighted by molar-refractivity contribution is 0.102. The van der Waals surface area contributed by atoms with E-state index in [0.29, 0.717) is 24.0 Å². The molecule has 7 nitrogen and oxygen atoms in total. The molecule has 29 heavy (non-hydrogen) atoms. The fourth-order valence-corrected chi connectivity index (χ4v) is 3.08. The number of aromatic nitrogens is 2. The van der Waals surface area contributed by atoms with Crippen LogP contribution in [0.2, 0.25) is 0 Å². The Morgan fingerprint density at radius 1 is 1.07 bits per heavy atom. The molecule has 0 atom stereocenters. The summed E-state index contributed by atoms with van der Waals surface area (Å²) in [5.74, 6) is 2.01. The minimum absolute atomic E-state index is 0.236. The highest BCUT2D eigenvalue weighted by atomic mass is 16.7. The van der Waals surface area contributed by atoms with Crippen LogP contribution < -0.4 is 20.1 Å². The molecule has 4 rings (SSSR count). The van der Waals surface area contributed by atoms with Crippen LogP contribution >= 0.6 is 0 Å². The van der Waals surface area contributed by atoms with Crippen molar-refractivity contribution in [1.29, 1.82) is 0 Å². The first-order valence-electron chi connectivity index (χ1n) is 9.45. The maximum Gasteiger partial charge on any atom is 0.258 e. The number of nitrogens with zero attached hydrogens (tertiary/aromatic N) is 2. The van der Waals surface area contributed by atoms with Gasteiger partial charge in [0.15, 0.2) is 11.5 Å². The van der Waals surface area contributed by atoms with Crippen molar-refractivity contribution in [2.45, 2.75) is 26.3 Å².